The van der Waals surface area contributed by atoms with Crippen LogP contribution in [0.5, 0.6) is 0 Å². The maximum Gasteiger partial charge on any atom is 0.0683 e. The van der Waals surface area contributed by atoms with Crippen LogP contribution in [0.2, 0.25) is 5.02 Å². The zero-order valence-corrected chi connectivity index (χ0v) is 12.8. The van der Waals surface area contributed by atoms with Crippen molar-refractivity contribution in [1.82, 2.24) is 5.32 Å². The van der Waals surface area contributed by atoms with Gasteiger partial charge >= 0.3 is 0 Å². The third-order valence-electron chi connectivity index (χ3n) is 2.63. The van der Waals surface area contributed by atoms with Crippen LogP contribution >= 0.6 is 38.9 Å². The van der Waals surface area contributed by atoms with Crippen molar-refractivity contribution in [1.29, 1.82) is 0 Å². The Kier molecular flexibility index (Phi) is 4.26. The minimum atomic E-state index is 0.152. The van der Waals surface area contributed by atoms with Crippen molar-refractivity contribution >= 4 is 38.9 Å². The Morgan fingerprint density at radius 2 is 2.06 bits per heavy atom. The molecule has 0 radical (unpaired) electrons. The summed E-state index contributed by atoms with van der Waals surface area (Å²) >= 11 is 11.6. The molecule has 0 fully saturated rings. The van der Waals surface area contributed by atoms with Gasteiger partial charge in [0.15, 0.2) is 0 Å². The lowest BCUT2D eigenvalue weighted by Crippen LogP contribution is -2.16. The molecule has 1 aromatic heterocycles. The van der Waals surface area contributed by atoms with Gasteiger partial charge < -0.3 is 5.32 Å². The van der Waals surface area contributed by atoms with Crippen molar-refractivity contribution in [3.8, 4) is 0 Å². The van der Waals surface area contributed by atoms with Gasteiger partial charge in [0.05, 0.1) is 11.1 Å². The topological polar surface area (TPSA) is 12.0 Å². The molecule has 0 amide bonds. The smallest absolute Gasteiger partial charge is 0.0683 e. The molecule has 0 saturated carbocycles. The number of hydrogen-bond donors (Lipinski definition) is 1. The first-order valence-corrected chi connectivity index (χ1v) is 7.29. The number of aryl methyl sites for hydroxylation is 1. The predicted molar refractivity (Wildman–Crippen MR) is 79.1 cm³/mol. The monoisotopic (exact) mass is 329 g/mol. The molecule has 4 heteroatoms. The van der Waals surface area contributed by atoms with Crippen LogP contribution in [0.1, 0.15) is 21.4 Å². The van der Waals surface area contributed by atoms with Crippen molar-refractivity contribution in [2.45, 2.75) is 13.0 Å². The Balaban J connectivity index is 2.45. The van der Waals surface area contributed by atoms with E-state index in [1.165, 1.54) is 9.75 Å². The summed E-state index contributed by atoms with van der Waals surface area (Å²) in [5, 5.41) is 4.10. The van der Waals surface area contributed by atoms with E-state index in [0.717, 1.165) is 15.1 Å². The molecule has 1 unspecified atom stereocenters. The predicted octanol–water partition coefficient (Wildman–Crippen LogP) is 4.78. The molecule has 1 N–H and O–H groups in total. The molecule has 1 nitrogen and oxygen atoms in total. The zero-order chi connectivity index (χ0) is 12.4. The molecule has 0 aliphatic rings. The van der Waals surface area contributed by atoms with E-state index in [2.05, 4.69) is 46.4 Å². The highest BCUT2D eigenvalue weighted by molar-refractivity contribution is 9.10. The largest absolute Gasteiger partial charge is 0.309 e. The number of nitrogens with one attached hydrogen (secondary N) is 1. The zero-order valence-electron chi connectivity index (χ0n) is 9.63. The van der Waals surface area contributed by atoms with Gasteiger partial charge in [-0.1, -0.05) is 23.7 Å². The highest BCUT2D eigenvalue weighted by Crippen LogP contribution is 2.35. The summed E-state index contributed by atoms with van der Waals surface area (Å²) in [5.74, 6) is 0. The first-order valence-electron chi connectivity index (χ1n) is 5.31. The molecule has 0 spiro atoms. The number of thiophene rings is 1. The highest BCUT2D eigenvalue weighted by atomic mass is 79.9. The molecule has 0 saturated heterocycles. The van der Waals surface area contributed by atoms with Gasteiger partial charge in [0.1, 0.15) is 0 Å². The van der Waals surface area contributed by atoms with Crippen LogP contribution in [-0.4, -0.2) is 7.05 Å². The molecule has 1 heterocycles. The van der Waals surface area contributed by atoms with Crippen LogP contribution in [0, 0.1) is 6.92 Å². The molecular formula is C13H13BrClNS. The summed E-state index contributed by atoms with van der Waals surface area (Å²) in [7, 11) is 1.96. The Labute approximate surface area is 119 Å². The third kappa shape index (κ3) is 2.74. The first-order chi connectivity index (χ1) is 8.13. The lowest BCUT2D eigenvalue weighted by molar-refractivity contribution is 0.704. The SMILES string of the molecule is CNC(c1ccc(C)s1)c1cccc(Br)c1Cl. The van der Waals surface area contributed by atoms with Crippen molar-refractivity contribution in [3.05, 3.63) is 55.1 Å². The molecule has 2 aromatic rings. The van der Waals surface area contributed by atoms with E-state index in [1.54, 1.807) is 11.3 Å². The van der Waals surface area contributed by atoms with Crippen molar-refractivity contribution < 1.29 is 0 Å². The van der Waals surface area contributed by atoms with Gasteiger partial charge in [0.25, 0.3) is 0 Å². The molecule has 17 heavy (non-hydrogen) atoms. The van der Waals surface area contributed by atoms with Gasteiger partial charge in [-0.15, -0.1) is 11.3 Å². The summed E-state index contributed by atoms with van der Waals surface area (Å²) in [6.07, 6.45) is 0. The van der Waals surface area contributed by atoms with Gasteiger partial charge in [-0.3, -0.25) is 0 Å². The van der Waals surface area contributed by atoms with Gasteiger partial charge in [0, 0.05) is 14.2 Å². The second-order valence-corrected chi connectivity index (χ2v) is 6.36. The Morgan fingerprint density at radius 3 is 2.65 bits per heavy atom. The second kappa shape index (κ2) is 5.53. The van der Waals surface area contributed by atoms with E-state index in [-0.39, 0.29) is 6.04 Å². The third-order valence-corrected chi connectivity index (χ3v) is 5.00. The van der Waals surface area contributed by atoms with E-state index >= 15 is 0 Å². The van der Waals surface area contributed by atoms with E-state index in [4.69, 9.17) is 11.6 Å². The van der Waals surface area contributed by atoms with Crippen LogP contribution in [-0.2, 0) is 0 Å². The summed E-state index contributed by atoms with van der Waals surface area (Å²) in [6, 6.07) is 10.5. The molecule has 1 aromatic carbocycles. The highest BCUT2D eigenvalue weighted by Gasteiger charge is 2.17. The van der Waals surface area contributed by atoms with Crippen molar-refractivity contribution in [3.63, 3.8) is 0 Å². The number of rotatable bonds is 3. The quantitative estimate of drug-likeness (QED) is 0.854. The fraction of sp³-hybridized carbons (Fsp3) is 0.231. The van der Waals surface area contributed by atoms with Gasteiger partial charge in [0.2, 0.25) is 0 Å². The number of hydrogen-bond acceptors (Lipinski definition) is 2. The normalized spacial score (nSPS) is 12.7. The summed E-state index contributed by atoms with van der Waals surface area (Å²) in [6.45, 7) is 2.11. The molecular weight excluding hydrogens is 318 g/mol. The molecule has 1 atom stereocenters. The summed E-state index contributed by atoms with van der Waals surface area (Å²) < 4.78 is 0.935. The maximum absolute atomic E-state index is 6.34. The fourth-order valence-electron chi connectivity index (χ4n) is 1.80. The number of benzene rings is 1. The standard InChI is InChI=1S/C13H13BrClNS/c1-8-6-7-11(17-8)13(16-2)9-4-3-5-10(14)12(9)15/h3-7,13,16H,1-2H3. The van der Waals surface area contributed by atoms with Crippen LogP contribution in [0.3, 0.4) is 0 Å². The van der Waals surface area contributed by atoms with Gasteiger partial charge in [-0.2, -0.15) is 0 Å². The lowest BCUT2D eigenvalue weighted by Gasteiger charge is -2.17. The lowest BCUT2D eigenvalue weighted by atomic mass is 10.1. The summed E-state index contributed by atoms with van der Waals surface area (Å²) in [4.78, 5) is 2.59. The Bertz CT molecular complexity index is 524. The first kappa shape index (κ1) is 13.1. The van der Waals surface area contributed by atoms with Gasteiger partial charge in [-0.25, -0.2) is 0 Å². The summed E-state index contributed by atoms with van der Waals surface area (Å²) in [5.41, 5.74) is 1.10. The van der Waals surface area contributed by atoms with Crippen LogP contribution in [0.25, 0.3) is 0 Å². The molecule has 90 valence electrons. The Morgan fingerprint density at radius 1 is 1.29 bits per heavy atom. The molecule has 0 aliphatic carbocycles. The van der Waals surface area contributed by atoms with Crippen LogP contribution in [0.4, 0.5) is 0 Å². The van der Waals surface area contributed by atoms with Crippen molar-refractivity contribution in [2.24, 2.45) is 0 Å². The van der Waals surface area contributed by atoms with E-state index in [0.29, 0.717) is 0 Å². The maximum atomic E-state index is 6.34. The van der Waals surface area contributed by atoms with E-state index in [9.17, 15) is 0 Å². The van der Waals surface area contributed by atoms with Gasteiger partial charge in [-0.05, 0) is 53.7 Å². The average molecular weight is 331 g/mol. The van der Waals surface area contributed by atoms with E-state index < -0.39 is 0 Å². The second-order valence-electron chi connectivity index (χ2n) is 3.81. The minimum absolute atomic E-state index is 0.152. The van der Waals surface area contributed by atoms with Crippen LogP contribution < -0.4 is 5.32 Å². The molecule has 0 aliphatic heterocycles. The van der Waals surface area contributed by atoms with Crippen molar-refractivity contribution in [2.75, 3.05) is 7.05 Å². The molecule has 0 bridgehead atoms. The average Bonchev–Trinajstić information content (AvgIpc) is 2.72. The number of halogens is 2. The van der Waals surface area contributed by atoms with E-state index in [1.807, 2.05) is 19.2 Å². The fourth-order valence-corrected chi connectivity index (χ4v) is 3.43. The van der Waals surface area contributed by atoms with Crippen LogP contribution in [0.15, 0.2) is 34.8 Å². The molecule has 2 rings (SSSR count). The minimum Gasteiger partial charge on any atom is -0.309 e. The Hall–Kier alpha value is -0.350.